The Balaban J connectivity index is 0.000000139. The highest BCUT2D eigenvalue weighted by atomic mass is 32.2. The molecule has 2 N–H and O–H groups in total. The van der Waals surface area contributed by atoms with Gasteiger partial charge < -0.3 is 38.3 Å². The van der Waals surface area contributed by atoms with Crippen molar-refractivity contribution in [3.05, 3.63) is 405 Å². The first-order valence-corrected chi connectivity index (χ1v) is 55.2. The Kier molecular flexibility index (Phi) is 39.5. The minimum Gasteiger partial charge on any atom is -0.744 e. The fourth-order valence-electron chi connectivity index (χ4n) is 20.5. The topological polar surface area (TPSA) is 192 Å². The molecule has 730 valence electrons. The maximum Gasteiger partial charge on any atom is 0.199 e. The number of phenols is 2. The Hall–Kier alpha value is -11.5. The molecule has 0 radical (unpaired) electrons. The minimum atomic E-state index is -4.31. The number of rotatable bonds is 27. The summed E-state index contributed by atoms with van der Waals surface area (Å²) in [4.78, 5) is 7.79. The van der Waals surface area contributed by atoms with Crippen molar-refractivity contribution in [3.8, 4) is 23.0 Å². The zero-order valence-corrected chi connectivity index (χ0v) is 85.5. The van der Waals surface area contributed by atoms with E-state index in [2.05, 4.69) is 330 Å². The molecule has 14 aromatic carbocycles. The van der Waals surface area contributed by atoms with Gasteiger partial charge in [-0.3, -0.25) is 0 Å². The lowest BCUT2D eigenvalue weighted by Gasteiger charge is -2.33. The summed E-state index contributed by atoms with van der Waals surface area (Å²) in [6, 6.07) is 116. The van der Waals surface area contributed by atoms with E-state index in [9.17, 15) is 25.9 Å². The van der Waals surface area contributed by atoms with Gasteiger partial charge in [-0.25, -0.2) is 16.8 Å². The van der Waals surface area contributed by atoms with Crippen LogP contribution in [0.4, 0.5) is 0 Å². The van der Waals surface area contributed by atoms with Crippen LogP contribution in [0.3, 0.4) is 0 Å². The molecule has 12 nitrogen and oxygen atoms in total. The lowest BCUT2D eigenvalue weighted by molar-refractivity contribution is -0.143. The minimum absolute atomic E-state index is 0.0146. The van der Waals surface area contributed by atoms with Crippen molar-refractivity contribution in [2.75, 3.05) is 0 Å². The summed E-state index contributed by atoms with van der Waals surface area (Å²) < 4.78 is 88.9. The van der Waals surface area contributed by atoms with Crippen LogP contribution in [0.5, 0.6) is 23.0 Å². The van der Waals surface area contributed by atoms with Gasteiger partial charge in [-0.15, -0.1) is 0 Å². The zero-order chi connectivity index (χ0) is 99.1. The van der Waals surface area contributed by atoms with Gasteiger partial charge in [0.1, 0.15) is 43.2 Å². The Morgan fingerprint density at radius 3 is 0.936 bits per heavy atom. The van der Waals surface area contributed by atoms with Crippen molar-refractivity contribution in [2.24, 2.45) is 47.3 Å². The van der Waals surface area contributed by atoms with Crippen LogP contribution in [0.1, 0.15) is 203 Å². The first-order valence-electron chi connectivity index (χ1n) is 49.9. The molecule has 6 aliphatic carbocycles. The van der Waals surface area contributed by atoms with E-state index in [1.165, 1.54) is 169 Å². The van der Waals surface area contributed by atoms with E-state index in [4.69, 9.17) is 29.2 Å². The van der Waals surface area contributed by atoms with Crippen molar-refractivity contribution >= 4 is 81.8 Å². The van der Waals surface area contributed by atoms with Crippen LogP contribution in [-0.4, -0.2) is 60.9 Å². The molecule has 6 aliphatic rings. The van der Waals surface area contributed by atoms with E-state index in [1.807, 2.05) is 30.3 Å². The Bertz CT molecular complexity index is 6100. The number of aromatic hydroxyl groups is 2. The number of hydrogen-bond donors (Lipinski definition) is 2. The van der Waals surface area contributed by atoms with Gasteiger partial charge in [0.05, 0.1) is 43.8 Å². The molecular formula is C124H138O12S4. The van der Waals surface area contributed by atoms with Crippen molar-refractivity contribution in [1.29, 1.82) is 0 Å². The Morgan fingerprint density at radius 2 is 0.600 bits per heavy atom. The lowest BCUT2D eigenvalue weighted by atomic mass is 9.80. The number of ether oxygens (including phenoxy) is 4. The first kappa shape index (κ1) is 106. The van der Waals surface area contributed by atoms with Crippen molar-refractivity contribution in [3.63, 3.8) is 0 Å². The lowest BCUT2D eigenvalue weighted by Crippen LogP contribution is -2.35. The van der Waals surface area contributed by atoms with Crippen LogP contribution in [0.25, 0.3) is 39.8 Å². The number of hydrogen-bond acceptors (Lipinski definition) is 12. The predicted molar refractivity (Wildman–Crippen MR) is 576 cm³/mol. The van der Waals surface area contributed by atoms with E-state index >= 15 is 0 Å². The standard InChI is InChI=1S/C27H36O2.C25H30O2.2C18H15S.C10H14O3S.C10H14O.C8H8O3S.C8H8O/c1-4-17(3)18-9-10-20-14-22(12-11-19(20)13-18)28-27(5-2)29-26-16-21-15-25(26)24-8-6-7-23(21)24;1-3-16-8-9-18-13-20(11-10-17(18)12-16)26-25(4-2)27-24-15-19-14-23(24)22-7-5-6-21(19)22;2*1-4-10-16(11-5-1)19(17-12-6-2-7-13-17)18-14-8-3-9-15-18;1-3-8(2)9-4-6-10(7-5-9)14(11,12)13;1-3-8(2)9-4-6-10(11)7-5-9;1-2-7-3-5-8(6-4-7)12(9,10)11;1-2-7-3-5-8(9)6-4-7/h9-14,17,21,23-27H,4-8,15-16H2,1-3H3;3,8-13,19,21-25H,1,4-7,14-15H2,2H3;2*1-15H;4-8H,3H2,1-2H3,(H,11,12,13);4-8,11H,3H2,1-2H3;2-6H,1H2,(H,9,10,11);2-6,9H,1H2/q;;2*+1;;;;/p-2. The van der Waals surface area contributed by atoms with Gasteiger partial charge in [0, 0.05) is 12.8 Å². The summed E-state index contributed by atoms with van der Waals surface area (Å²) in [6.45, 7) is 28.3. The second kappa shape index (κ2) is 52.3. The van der Waals surface area contributed by atoms with Gasteiger partial charge >= 0.3 is 0 Å². The van der Waals surface area contributed by atoms with Crippen molar-refractivity contribution < 1.29 is 55.1 Å². The summed E-state index contributed by atoms with van der Waals surface area (Å²) in [5.41, 5.74) is 6.72. The van der Waals surface area contributed by atoms with Gasteiger partial charge in [0.15, 0.2) is 42.0 Å². The molecule has 0 saturated heterocycles. The monoisotopic (exact) mass is 1950 g/mol. The summed E-state index contributed by atoms with van der Waals surface area (Å²) in [7, 11) is -8.64. The quantitative estimate of drug-likeness (QED) is 0.0282. The fourth-order valence-corrected chi connectivity index (χ4v) is 25.7. The summed E-state index contributed by atoms with van der Waals surface area (Å²) in [6.07, 6.45) is 24.9. The molecule has 16 heteroatoms. The second-order valence-corrected chi connectivity index (χ2v) is 44.2. The molecule has 14 aromatic rings. The van der Waals surface area contributed by atoms with Crippen molar-refractivity contribution in [1.82, 2.24) is 0 Å². The van der Waals surface area contributed by atoms with Gasteiger partial charge in [-0.05, 0) is 342 Å². The van der Waals surface area contributed by atoms with Crippen LogP contribution >= 0.6 is 0 Å². The van der Waals surface area contributed by atoms with E-state index < -0.39 is 20.2 Å². The molecule has 0 heterocycles. The van der Waals surface area contributed by atoms with Crippen molar-refractivity contribution in [2.45, 2.75) is 233 Å². The van der Waals surface area contributed by atoms with Gasteiger partial charge in [0.2, 0.25) is 0 Å². The van der Waals surface area contributed by atoms with Crippen LogP contribution < -0.4 is 9.47 Å². The zero-order valence-electron chi connectivity index (χ0n) is 82.2. The van der Waals surface area contributed by atoms with E-state index in [0.29, 0.717) is 41.5 Å². The number of phenolic OH excluding ortho intramolecular Hbond substituents is 2. The molecule has 6 saturated carbocycles. The molecule has 15 unspecified atom stereocenters. The van der Waals surface area contributed by atoms with Crippen LogP contribution in [-0.2, 0) is 51.5 Å². The molecule has 15 atom stereocenters. The van der Waals surface area contributed by atoms with Crippen LogP contribution in [0, 0.1) is 47.3 Å². The molecule has 20 rings (SSSR count). The Morgan fingerprint density at radius 1 is 0.321 bits per heavy atom. The molecule has 140 heavy (non-hydrogen) atoms. The predicted octanol–water partition coefficient (Wildman–Crippen LogP) is 31.6. The average Bonchev–Trinajstić information content (AvgIpc) is 1.60. The molecular weight excluding hydrogens is 1810 g/mol. The summed E-state index contributed by atoms with van der Waals surface area (Å²) in [5.74, 6) is 11.4. The van der Waals surface area contributed by atoms with E-state index in [1.54, 1.807) is 48.6 Å². The largest absolute Gasteiger partial charge is 0.744 e. The van der Waals surface area contributed by atoms with E-state index in [-0.39, 0.29) is 44.2 Å². The molecule has 0 aromatic heterocycles. The summed E-state index contributed by atoms with van der Waals surface area (Å²) >= 11 is 0. The molecule has 0 amide bonds. The Labute approximate surface area is 839 Å². The van der Waals surface area contributed by atoms with Gasteiger partial charge in [-0.2, -0.15) is 0 Å². The smallest absolute Gasteiger partial charge is 0.199 e. The molecule has 0 aliphatic heterocycles. The summed E-state index contributed by atoms with van der Waals surface area (Å²) in [5, 5.41) is 22.8. The third kappa shape index (κ3) is 29.3. The molecule has 4 bridgehead atoms. The van der Waals surface area contributed by atoms with Gasteiger partial charge in [0.25, 0.3) is 0 Å². The third-order valence-corrected chi connectivity index (χ3v) is 34.7. The highest BCUT2D eigenvalue weighted by molar-refractivity contribution is 7.97. The highest BCUT2D eigenvalue weighted by Crippen LogP contribution is 2.61. The molecule has 0 spiro atoms. The van der Waals surface area contributed by atoms with Crippen LogP contribution in [0.2, 0.25) is 0 Å². The second-order valence-electron chi connectivity index (χ2n) is 37.4. The number of benzene rings is 14. The SMILES string of the molecule is C=Cc1ccc(O)cc1.C=Cc1ccc(S(=O)(=O)[O-])cc1.C=Cc1ccc2cc(OC(CC)OC3CC4CC3C3CCCC43)ccc2c1.CCC(C)c1ccc(O)cc1.CCC(C)c1ccc(S(=O)(=O)[O-])cc1.CCC(Oc1ccc2cc(C(C)CC)ccc2c1)OC1CC2CC1C1CCCC21.c1ccc([S+](c2ccccc2)c2ccccc2)cc1.c1ccc([S+](c2ccccc2)c2ccccc2)cc1. The van der Waals surface area contributed by atoms with Gasteiger partial charge in [-0.1, -0.05) is 306 Å². The normalized spacial score (nSPS) is 19.8. The van der Waals surface area contributed by atoms with Crippen LogP contribution in [0.15, 0.2) is 411 Å². The maximum atomic E-state index is 10.6. The highest BCUT2D eigenvalue weighted by Gasteiger charge is 2.56. The molecule has 6 fully saturated rings. The third-order valence-electron chi connectivity index (χ3n) is 28.5. The number of fused-ring (bicyclic) bond motifs is 12. The average molecular weight is 1950 g/mol. The van der Waals surface area contributed by atoms with E-state index in [0.717, 1.165) is 107 Å². The maximum absolute atomic E-state index is 10.6. The fraction of sp³-hybridized carbons (Fsp3) is 0.306. The first-order chi connectivity index (χ1) is 67.8.